The van der Waals surface area contributed by atoms with E-state index in [9.17, 15) is 4.79 Å². The molecule has 2 atom stereocenters. The van der Waals surface area contributed by atoms with Crippen LogP contribution >= 0.6 is 23.2 Å². The Morgan fingerprint density at radius 2 is 1.95 bits per heavy atom. The van der Waals surface area contributed by atoms with Crippen LogP contribution in [0.4, 0.5) is 0 Å². The maximum Gasteiger partial charge on any atom is 0.358 e. The first kappa shape index (κ1) is 16.6. The lowest BCUT2D eigenvalue weighted by Crippen LogP contribution is -2.19. The highest BCUT2D eigenvalue weighted by molar-refractivity contribution is 6.34. The Balaban J connectivity index is 2.44. The van der Waals surface area contributed by atoms with Crippen LogP contribution in [0.25, 0.3) is 0 Å². The molecule has 1 aromatic heterocycles. The average molecular weight is 339 g/mol. The number of carbonyl (C=O) groups is 1. The Labute approximate surface area is 139 Å². The van der Waals surface area contributed by atoms with Crippen molar-refractivity contribution in [1.29, 1.82) is 0 Å². The van der Waals surface area contributed by atoms with Crippen LogP contribution in [0.3, 0.4) is 0 Å². The summed E-state index contributed by atoms with van der Waals surface area (Å²) in [5.41, 5.74) is 1.11. The van der Waals surface area contributed by atoms with Crippen molar-refractivity contribution in [2.45, 2.75) is 26.0 Å². The van der Waals surface area contributed by atoms with Crippen molar-refractivity contribution in [2.75, 3.05) is 0 Å². The summed E-state index contributed by atoms with van der Waals surface area (Å²) < 4.78 is 6.81. The molecule has 2 aromatic rings. The Hall–Kier alpha value is -1.78. The molecule has 0 spiro atoms. The van der Waals surface area contributed by atoms with Crippen LogP contribution in [0.2, 0.25) is 10.4 Å². The summed E-state index contributed by atoms with van der Waals surface area (Å²) in [6, 6.07) is 9.41. The van der Waals surface area contributed by atoms with Gasteiger partial charge in [-0.15, -0.1) is 0 Å². The second kappa shape index (κ2) is 6.99. The van der Waals surface area contributed by atoms with E-state index in [2.05, 4.69) is 11.6 Å². The minimum atomic E-state index is -0.584. The molecule has 1 heterocycles. The lowest BCUT2D eigenvalue weighted by molar-refractivity contribution is 0.0411. The van der Waals surface area contributed by atoms with Gasteiger partial charge in [0.15, 0.2) is 10.8 Å². The topological polar surface area (TPSA) is 44.1 Å². The second-order valence-corrected chi connectivity index (χ2v) is 5.52. The van der Waals surface area contributed by atoms with Gasteiger partial charge in [-0.2, -0.15) is 0 Å². The van der Waals surface area contributed by atoms with E-state index in [0.717, 1.165) is 5.56 Å². The molecule has 116 valence electrons. The van der Waals surface area contributed by atoms with E-state index in [0.29, 0.717) is 0 Å². The highest BCUT2D eigenvalue weighted by Gasteiger charge is 2.27. The zero-order valence-electron chi connectivity index (χ0n) is 12.3. The first-order chi connectivity index (χ1) is 10.5. The van der Waals surface area contributed by atoms with Gasteiger partial charge in [0.25, 0.3) is 0 Å². The van der Waals surface area contributed by atoms with Crippen LogP contribution in [0.15, 0.2) is 43.0 Å². The summed E-state index contributed by atoms with van der Waals surface area (Å²) in [6.07, 6.45) is 1.09. The molecule has 0 radical (unpaired) electrons. The van der Waals surface area contributed by atoms with E-state index in [1.165, 1.54) is 6.08 Å². The Morgan fingerprint density at radius 3 is 2.55 bits per heavy atom. The molecule has 0 N–H and O–H groups in total. The maximum atomic E-state index is 12.3. The second-order valence-electron chi connectivity index (χ2n) is 4.82. The van der Waals surface area contributed by atoms with Crippen LogP contribution in [0, 0.1) is 0 Å². The molecule has 6 heteroatoms. The molecule has 0 amide bonds. The van der Waals surface area contributed by atoms with Gasteiger partial charge in [0.1, 0.15) is 6.10 Å². The van der Waals surface area contributed by atoms with Gasteiger partial charge in [0.2, 0.25) is 5.28 Å². The smallest absolute Gasteiger partial charge is 0.358 e. The third-order valence-electron chi connectivity index (χ3n) is 3.31. The fourth-order valence-electron chi connectivity index (χ4n) is 2.07. The Kier molecular flexibility index (Phi) is 5.27. The van der Waals surface area contributed by atoms with Gasteiger partial charge in [-0.3, -0.25) is 0 Å². The van der Waals surface area contributed by atoms with Crippen LogP contribution < -0.4 is 0 Å². The van der Waals surface area contributed by atoms with Crippen molar-refractivity contribution in [1.82, 2.24) is 9.55 Å². The number of imidazole rings is 1. The predicted octanol–water partition coefficient (Wildman–Crippen LogP) is 4.53. The monoisotopic (exact) mass is 338 g/mol. The van der Waals surface area contributed by atoms with E-state index >= 15 is 0 Å². The van der Waals surface area contributed by atoms with E-state index < -0.39 is 12.1 Å². The number of benzene rings is 1. The van der Waals surface area contributed by atoms with Gasteiger partial charge in [-0.25, -0.2) is 9.78 Å². The summed E-state index contributed by atoms with van der Waals surface area (Å²) in [7, 11) is 0. The molecular formula is C16H16Cl2N2O2. The normalized spacial score (nSPS) is 13.5. The molecule has 2 rings (SSSR count). The minimum Gasteiger partial charge on any atom is -0.454 e. The lowest BCUT2D eigenvalue weighted by Gasteiger charge is -2.18. The van der Waals surface area contributed by atoms with Gasteiger partial charge in [0, 0.05) is 0 Å². The molecule has 0 saturated heterocycles. The zero-order chi connectivity index (χ0) is 16.3. The van der Waals surface area contributed by atoms with Crippen LogP contribution in [-0.2, 0) is 4.74 Å². The highest BCUT2D eigenvalue weighted by atomic mass is 35.5. The predicted molar refractivity (Wildman–Crippen MR) is 87.6 cm³/mol. The number of esters is 1. The van der Waals surface area contributed by atoms with Crippen molar-refractivity contribution in [3.63, 3.8) is 0 Å². The zero-order valence-corrected chi connectivity index (χ0v) is 13.8. The molecule has 4 nitrogen and oxygen atoms in total. The van der Waals surface area contributed by atoms with E-state index in [-0.39, 0.29) is 22.2 Å². The van der Waals surface area contributed by atoms with Crippen molar-refractivity contribution >= 4 is 29.2 Å². The molecule has 0 fully saturated rings. The number of carbonyl (C=O) groups excluding carboxylic acids is 1. The van der Waals surface area contributed by atoms with E-state index in [4.69, 9.17) is 27.9 Å². The quantitative estimate of drug-likeness (QED) is 0.594. The fraction of sp³-hybridized carbons (Fsp3) is 0.250. The first-order valence-corrected chi connectivity index (χ1v) is 7.53. The van der Waals surface area contributed by atoms with Gasteiger partial charge >= 0.3 is 5.97 Å². The number of aromatic nitrogens is 2. The molecule has 0 bridgehead atoms. The summed E-state index contributed by atoms with van der Waals surface area (Å²) in [4.78, 5) is 16.3. The average Bonchev–Trinajstić information content (AvgIpc) is 2.81. The van der Waals surface area contributed by atoms with E-state index in [1.807, 2.05) is 37.3 Å². The molecular weight excluding hydrogens is 323 g/mol. The number of hydrogen-bond acceptors (Lipinski definition) is 3. The highest BCUT2D eigenvalue weighted by Crippen LogP contribution is 2.29. The van der Waals surface area contributed by atoms with Gasteiger partial charge in [-0.05, 0) is 31.0 Å². The molecule has 22 heavy (non-hydrogen) atoms. The van der Waals surface area contributed by atoms with Crippen molar-refractivity contribution < 1.29 is 9.53 Å². The summed E-state index contributed by atoms with van der Waals surface area (Å²) in [5, 5.41) is 0.161. The molecule has 0 aliphatic heterocycles. The fourth-order valence-corrected chi connectivity index (χ4v) is 2.68. The number of nitrogens with zero attached hydrogens (tertiary/aromatic N) is 2. The first-order valence-electron chi connectivity index (χ1n) is 6.77. The van der Waals surface area contributed by atoms with Crippen molar-refractivity contribution in [2.24, 2.45) is 0 Å². The van der Waals surface area contributed by atoms with Crippen molar-refractivity contribution in [3.8, 4) is 0 Å². The van der Waals surface area contributed by atoms with Crippen LogP contribution in [0.1, 0.15) is 35.9 Å². The third-order valence-corrected chi connectivity index (χ3v) is 3.84. The van der Waals surface area contributed by atoms with Crippen molar-refractivity contribution in [3.05, 3.63) is 64.7 Å². The molecule has 1 unspecified atom stereocenters. The molecule has 0 aliphatic carbocycles. The lowest BCUT2D eigenvalue weighted by atomic mass is 10.1. The molecule has 1 aromatic carbocycles. The number of ether oxygens (including phenoxy) is 1. The van der Waals surface area contributed by atoms with Gasteiger partial charge in [0.05, 0.1) is 6.04 Å². The standard InChI is InChI=1S/C16H16Cl2N2O2/c1-4-10(2)22-15(21)13-14(17)19-16(18)20(13)11(3)12-8-6-5-7-9-12/h4-11H,1H2,2-3H3/t10?,11-/m1/s1. The number of rotatable bonds is 5. The Bertz CT molecular complexity index is 683. The third kappa shape index (κ3) is 3.34. The van der Waals surface area contributed by atoms with Crippen LogP contribution in [-0.4, -0.2) is 21.6 Å². The summed E-state index contributed by atoms with van der Waals surface area (Å²) in [5.74, 6) is -0.584. The van der Waals surface area contributed by atoms with Crippen LogP contribution in [0.5, 0.6) is 0 Å². The molecule has 0 saturated carbocycles. The largest absolute Gasteiger partial charge is 0.454 e. The maximum absolute atomic E-state index is 12.3. The molecule has 0 aliphatic rings. The van der Waals surface area contributed by atoms with E-state index in [1.54, 1.807) is 11.5 Å². The van der Waals surface area contributed by atoms with Gasteiger partial charge in [-0.1, -0.05) is 54.6 Å². The number of hydrogen-bond donors (Lipinski definition) is 0. The number of halogens is 2. The minimum absolute atomic E-state index is 0.0223. The SMILES string of the molecule is C=CC(C)OC(=O)c1c(Cl)nc(Cl)n1[C@H](C)c1ccccc1. The summed E-state index contributed by atoms with van der Waals surface area (Å²) >= 11 is 12.2. The Morgan fingerprint density at radius 1 is 1.32 bits per heavy atom. The summed E-state index contributed by atoms with van der Waals surface area (Å²) in [6.45, 7) is 7.20. The van der Waals surface area contributed by atoms with Gasteiger partial charge < -0.3 is 9.30 Å².